The van der Waals surface area contributed by atoms with E-state index in [1.54, 1.807) is 0 Å². The highest BCUT2D eigenvalue weighted by molar-refractivity contribution is 5.45. The summed E-state index contributed by atoms with van der Waals surface area (Å²) in [5.74, 6) is 0.571. The van der Waals surface area contributed by atoms with Crippen LogP contribution in [0.25, 0.3) is 0 Å². The molecule has 0 aromatic heterocycles. The van der Waals surface area contributed by atoms with Crippen molar-refractivity contribution in [3.05, 3.63) is 0 Å². The molecule has 4 heteroatoms. The molecule has 12 heavy (non-hydrogen) atoms. The number of hydrogen-bond acceptors (Lipinski definition) is 3. The highest BCUT2D eigenvalue weighted by atomic mass is 16.3. The average Bonchev–Trinajstić information content (AvgIpc) is 2.50. The van der Waals surface area contributed by atoms with E-state index in [0.29, 0.717) is 5.92 Å². The van der Waals surface area contributed by atoms with Crippen LogP contribution in [0.4, 0.5) is 0 Å². The van der Waals surface area contributed by atoms with Gasteiger partial charge < -0.3 is 15.3 Å². The van der Waals surface area contributed by atoms with E-state index < -0.39 is 0 Å². The van der Waals surface area contributed by atoms with Crippen molar-refractivity contribution in [3.8, 4) is 0 Å². The summed E-state index contributed by atoms with van der Waals surface area (Å²) in [5.41, 5.74) is 0. The summed E-state index contributed by atoms with van der Waals surface area (Å²) in [4.78, 5) is 12.2. The van der Waals surface area contributed by atoms with E-state index in [1.807, 2.05) is 0 Å². The number of nitrogens with zero attached hydrogens (tertiary/aromatic N) is 1. The molecule has 0 aromatic rings. The summed E-state index contributed by atoms with van der Waals surface area (Å²) in [6, 6.07) is 0. The van der Waals surface area contributed by atoms with Crippen molar-refractivity contribution in [1.29, 1.82) is 0 Å². The van der Waals surface area contributed by atoms with Crippen molar-refractivity contribution in [2.75, 3.05) is 32.8 Å². The summed E-state index contributed by atoms with van der Waals surface area (Å²) < 4.78 is 0. The van der Waals surface area contributed by atoms with Crippen molar-refractivity contribution in [2.24, 2.45) is 5.92 Å². The molecule has 1 saturated heterocycles. The first-order valence-electron chi connectivity index (χ1n) is 4.37. The molecule has 0 unspecified atom stereocenters. The Balaban J connectivity index is 2.12. The van der Waals surface area contributed by atoms with Crippen LogP contribution < -0.4 is 5.32 Å². The highest BCUT2D eigenvalue weighted by Gasteiger charge is 2.20. The zero-order valence-corrected chi connectivity index (χ0v) is 7.20. The van der Waals surface area contributed by atoms with Gasteiger partial charge in [-0.3, -0.25) is 4.79 Å². The molecule has 4 nitrogen and oxygen atoms in total. The molecule has 1 heterocycles. The van der Waals surface area contributed by atoms with E-state index in [1.165, 1.54) is 0 Å². The van der Waals surface area contributed by atoms with Gasteiger partial charge in [0.2, 0.25) is 6.41 Å². The van der Waals surface area contributed by atoms with Crippen molar-refractivity contribution in [2.45, 2.75) is 6.42 Å². The van der Waals surface area contributed by atoms with Crippen molar-refractivity contribution < 1.29 is 9.90 Å². The molecule has 1 atom stereocenters. The molecule has 1 aliphatic heterocycles. The van der Waals surface area contributed by atoms with Crippen LogP contribution in [0.15, 0.2) is 0 Å². The summed E-state index contributed by atoms with van der Waals surface area (Å²) >= 11 is 0. The van der Waals surface area contributed by atoms with Gasteiger partial charge in [-0.2, -0.15) is 0 Å². The third-order valence-electron chi connectivity index (χ3n) is 2.28. The molecule has 1 fully saturated rings. The Hall–Kier alpha value is -0.610. The number of hydrogen-bond donors (Lipinski definition) is 2. The predicted octanol–water partition coefficient (Wildman–Crippen LogP) is -0.953. The molecule has 2 N–H and O–H groups in total. The number of nitrogens with one attached hydrogen (secondary N) is 1. The van der Waals surface area contributed by atoms with Gasteiger partial charge in [0, 0.05) is 19.6 Å². The first-order chi connectivity index (χ1) is 5.86. The van der Waals surface area contributed by atoms with E-state index in [0.717, 1.165) is 39.0 Å². The summed E-state index contributed by atoms with van der Waals surface area (Å²) in [6.07, 6.45) is 1.87. The second-order valence-corrected chi connectivity index (χ2v) is 3.21. The Kier molecular flexibility index (Phi) is 4.04. The molecule has 0 radical (unpaired) electrons. The fourth-order valence-electron chi connectivity index (χ4n) is 1.64. The Labute approximate surface area is 72.6 Å². The number of likely N-dealkylation sites (tertiary alicyclic amines) is 1. The number of carbonyl (C=O) groups excluding carboxylic acids is 1. The van der Waals surface area contributed by atoms with Crippen LogP contribution in [0.1, 0.15) is 6.42 Å². The lowest BCUT2D eigenvalue weighted by atomic mass is 10.1. The van der Waals surface area contributed by atoms with Crippen LogP contribution in [0.3, 0.4) is 0 Å². The zero-order valence-electron chi connectivity index (χ0n) is 7.20. The van der Waals surface area contributed by atoms with E-state index in [-0.39, 0.29) is 6.61 Å². The Morgan fingerprint density at radius 3 is 3.17 bits per heavy atom. The van der Waals surface area contributed by atoms with Gasteiger partial charge in [-0.25, -0.2) is 0 Å². The lowest BCUT2D eigenvalue weighted by molar-refractivity contribution is -0.109. The zero-order chi connectivity index (χ0) is 8.81. The molecule has 0 saturated carbocycles. The predicted molar refractivity (Wildman–Crippen MR) is 45.7 cm³/mol. The lowest BCUT2D eigenvalue weighted by Crippen LogP contribution is -2.27. The number of β-amino-alcohol motifs (C(OH)–C–C–N with tert-alkyl or cyclic N) is 1. The third kappa shape index (κ3) is 2.79. The minimum atomic E-state index is 0.230. The van der Waals surface area contributed by atoms with Crippen LogP contribution >= 0.6 is 0 Å². The number of aliphatic hydroxyl groups excluding tert-OH is 1. The Bertz CT molecular complexity index is 141. The molecule has 1 amide bonds. The van der Waals surface area contributed by atoms with Crippen LogP contribution in [0, 0.1) is 5.92 Å². The third-order valence-corrected chi connectivity index (χ3v) is 2.28. The normalized spacial score (nSPS) is 24.2. The summed E-state index contributed by atoms with van der Waals surface area (Å²) in [7, 11) is 0. The van der Waals surface area contributed by atoms with Gasteiger partial charge in [0.05, 0.1) is 6.61 Å². The van der Waals surface area contributed by atoms with Gasteiger partial charge in [-0.15, -0.1) is 0 Å². The Morgan fingerprint density at radius 2 is 2.50 bits per heavy atom. The van der Waals surface area contributed by atoms with Crippen molar-refractivity contribution in [1.82, 2.24) is 10.2 Å². The van der Waals surface area contributed by atoms with Crippen LogP contribution in [0.5, 0.6) is 0 Å². The van der Waals surface area contributed by atoms with E-state index in [2.05, 4.69) is 10.2 Å². The average molecular weight is 172 g/mol. The molecular formula is C8H16N2O2. The summed E-state index contributed by atoms with van der Waals surface area (Å²) in [6.45, 7) is 3.81. The molecule has 0 spiro atoms. The van der Waals surface area contributed by atoms with Gasteiger partial charge in [-0.05, 0) is 18.9 Å². The van der Waals surface area contributed by atoms with Gasteiger partial charge in [-0.1, -0.05) is 0 Å². The number of carbonyl (C=O) groups is 1. The topological polar surface area (TPSA) is 52.6 Å². The van der Waals surface area contributed by atoms with Crippen molar-refractivity contribution >= 4 is 6.41 Å². The van der Waals surface area contributed by atoms with Gasteiger partial charge in [0.25, 0.3) is 0 Å². The number of amides is 1. The molecule has 0 aromatic carbocycles. The minimum absolute atomic E-state index is 0.230. The fraction of sp³-hybridized carbons (Fsp3) is 0.875. The van der Waals surface area contributed by atoms with E-state index >= 15 is 0 Å². The maximum absolute atomic E-state index is 10.0. The number of rotatable bonds is 5. The number of aliphatic hydroxyl groups is 1. The van der Waals surface area contributed by atoms with Gasteiger partial charge in [0.15, 0.2) is 0 Å². The first-order valence-corrected chi connectivity index (χ1v) is 4.37. The standard InChI is InChI=1S/C8H16N2O2/c11-4-3-10-2-1-8(6-10)5-9-7-12/h7-8,11H,1-6H2,(H,9,12)/t8-/m0/s1. The van der Waals surface area contributed by atoms with E-state index in [4.69, 9.17) is 5.11 Å². The summed E-state index contributed by atoms with van der Waals surface area (Å²) in [5, 5.41) is 11.4. The molecule has 1 aliphatic rings. The second kappa shape index (κ2) is 5.11. The lowest BCUT2D eigenvalue weighted by Gasteiger charge is -2.13. The second-order valence-electron chi connectivity index (χ2n) is 3.21. The first kappa shape index (κ1) is 9.48. The molecule has 70 valence electrons. The molecular weight excluding hydrogens is 156 g/mol. The van der Waals surface area contributed by atoms with Crippen LogP contribution in [-0.4, -0.2) is 49.2 Å². The van der Waals surface area contributed by atoms with Crippen LogP contribution in [0.2, 0.25) is 0 Å². The molecule has 1 rings (SSSR count). The maximum Gasteiger partial charge on any atom is 0.207 e. The monoisotopic (exact) mass is 172 g/mol. The molecule has 0 bridgehead atoms. The van der Waals surface area contributed by atoms with Crippen LogP contribution in [-0.2, 0) is 4.79 Å². The smallest absolute Gasteiger partial charge is 0.207 e. The van der Waals surface area contributed by atoms with Crippen molar-refractivity contribution in [3.63, 3.8) is 0 Å². The SMILES string of the molecule is O=CNC[C@@H]1CCN(CCO)C1. The van der Waals surface area contributed by atoms with Gasteiger partial charge >= 0.3 is 0 Å². The molecule has 0 aliphatic carbocycles. The quantitative estimate of drug-likeness (QED) is 0.525. The largest absolute Gasteiger partial charge is 0.395 e. The highest BCUT2D eigenvalue weighted by Crippen LogP contribution is 2.14. The van der Waals surface area contributed by atoms with E-state index in [9.17, 15) is 4.79 Å². The Morgan fingerprint density at radius 1 is 1.67 bits per heavy atom. The maximum atomic E-state index is 10.0. The fourth-order valence-corrected chi connectivity index (χ4v) is 1.64. The minimum Gasteiger partial charge on any atom is -0.395 e. The van der Waals surface area contributed by atoms with Gasteiger partial charge in [0.1, 0.15) is 0 Å².